The molecule has 24 heavy (non-hydrogen) atoms. The number of ether oxygens (including phenoxy) is 1. The molecule has 8 heteroatoms. The quantitative estimate of drug-likeness (QED) is 0.684. The molecule has 3 aromatic rings. The van der Waals surface area contributed by atoms with Crippen LogP contribution in [0.2, 0.25) is 0 Å². The molecule has 0 spiro atoms. The first-order valence-corrected chi connectivity index (χ1v) is 8.85. The molecular formula is C16H20N6OS. The summed E-state index contributed by atoms with van der Waals surface area (Å²) in [6.45, 7) is 4.00. The molecule has 0 N–H and O–H groups in total. The number of thiazole rings is 1. The van der Waals surface area contributed by atoms with Crippen LogP contribution in [-0.4, -0.2) is 38.4 Å². The van der Waals surface area contributed by atoms with Crippen molar-refractivity contribution in [2.45, 2.75) is 19.9 Å². The van der Waals surface area contributed by atoms with Gasteiger partial charge in [0.05, 0.1) is 13.7 Å². The minimum atomic E-state index is 0.619. The molecule has 1 fully saturated rings. The highest BCUT2D eigenvalue weighted by molar-refractivity contribution is 7.21. The lowest BCUT2D eigenvalue weighted by Crippen LogP contribution is -2.27. The third-order valence-electron chi connectivity index (χ3n) is 4.57. The van der Waals surface area contributed by atoms with E-state index in [2.05, 4.69) is 27.0 Å². The van der Waals surface area contributed by atoms with Crippen LogP contribution in [0.5, 0.6) is 5.88 Å². The number of hydrogen-bond donors (Lipinski definition) is 0. The summed E-state index contributed by atoms with van der Waals surface area (Å²) in [5, 5.41) is 9.19. The number of pyridine rings is 1. The highest BCUT2D eigenvalue weighted by Crippen LogP contribution is 2.40. The Morgan fingerprint density at radius 1 is 1.38 bits per heavy atom. The summed E-state index contributed by atoms with van der Waals surface area (Å²) >= 11 is 1.60. The maximum absolute atomic E-state index is 5.21. The van der Waals surface area contributed by atoms with Gasteiger partial charge in [0.25, 0.3) is 0 Å². The maximum Gasteiger partial charge on any atom is 0.214 e. The van der Waals surface area contributed by atoms with E-state index < -0.39 is 0 Å². The van der Waals surface area contributed by atoms with Gasteiger partial charge in [0.2, 0.25) is 5.88 Å². The van der Waals surface area contributed by atoms with E-state index in [0.29, 0.717) is 12.4 Å². The molecule has 0 saturated heterocycles. The van der Waals surface area contributed by atoms with E-state index in [1.807, 2.05) is 23.7 Å². The molecule has 0 amide bonds. The molecule has 4 rings (SSSR count). The second-order valence-corrected chi connectivity index (χ2v) is 7.34. The number of rotatable bonds is 6. The van der Waals surface area contributed by atoms with Crippen molar-refractivity contribution in [3.05, 3.63) is 24.3 Å². The zero-order valence-corrected chi connectivity index (χ0v) is 14.8. The Labute approximate surface area is 144 Å². The lowest BCUT2D eigenvalue weighted by molar-refractivity contribution is 0.400. The zero-order valence-electron chi connectivity index (χ0n) is 14.0. The van der Waals surface area contributed by atoms with Gasteiger partial charge in [-0.2, -0.15) is 0 Å². The molecule has 2 atom stereocenters. The van der Waals surface area contributed by atoms with E-state index in [1.54, 1.807) is 24.8 Å². The molecule has 0 unspecified atom stereocenters. The van der Waals surface area contributed by atoms with E-state index in [-0.39, 0.29) is 0 Å². The van der Waals surface area contributed by atoms with Crippen LogP contribution in [0.3, 0.4) is 0 Å². The fourth-order valence-corrected chi connectivity index (χ4v) is 3.74. The van der Waals surface area contributed by atoms with Crippen LogP contribution in [0.15, 0.2) is 18.5 Å². The highest BCUT2D eigenvalue weighted by atomic mass is 32.1. The summed E-state index contributed by atoms with van der Waals surface area (Å²) < 4.78 is 7.17. The van der Waals surface area contributed by atoms with Crippen LogP contribution >= 0.6 is 11.3 Å². The van der Waals surface area contributed by atoms with Gasteiger partial charge in [-0.15, -0.1) is 10.2 Å². The second-order valence-electron chi connectivity index (χ2n) is 6.39. The molecule has 1 aliphatic carbocycles. The van der Waals surface area contributed by atoms with Gasteiger partial charge in [0.1, 0.15) is 16.7 Å². The second kappa shape index (κ2) is 6.01. The van der Waals surface area contributed by atoms with Crippen LogP contribution in [-0.2, 0) is 13.6 Å². The SMILES string of the molecule is COc1ccc2nc(N(Cc3nncn3C)C[C@@H]3C[C@H]3C)sc2n1. The predicted octanol–water partition coefficient (Wildman–Crippen LogP) is 2.49. The standard InChI is InChI=1S/C16H20N6OS/c1-10-6-11(10)7-22(8-13-20-17-9-21(13)2)16-18-12-4-5-14(23-3)19-15(12)24-16/h4-5,9-11H,6-8H2,1-3H3/t10-,11+/m1/s1. The topological polar surface area (TPSA) is 69.0 Å². The summed E-state index contributed by atoms with van der Waals surface area (Å²) in [6, 6.07) is 3.81. The maximum atomic E-state index is 5.21. The average Bonchev–Trinajstić information content (AvgIpc) is 2.97. The molecule has 1 aliphatic rings. The van der Waals surface area contributed by atoms with Crippen molar-refractivity contribution in [2.24, 2.45) is 18.9 Å². The van der Waals surface area contributed by atoms with Crippen molar-refractivity contribution >= 4 is 26.8 Å². The number of aromatic nitrogens is 5. The number of aryl methyl sites for hydroxylation is 1. The molecule has 3 heterocycles. The zero-order chi connectivity index (χ0) is 16.7. The molecule has 0 aromatic carbocycles. The minimum Gasteiger partial charge on any atom is -0.481 e. The Kier molecular flexibility index (Phi) is 3.84. The van der Waals surface area contributed by atoms with E-state index >= 15 is 0 Å². The monoisotopic (exact) mass is 344 g/mol. The van der Waals surface area contributed by atoms with Crippen molar-refractivity contribution in [3.8, 4) is 5.88 Å². The normalized spacial score (nSPS) is 19.6. The van der Waals surface area contributed by atoms with Crippen LogP contribution in [0, 0.1) is 11.8 Å². The van der Waals surface area contributed by atoms with Crippen molar-refractivity contribution in [3.63, 3.8) is 0 Å². The van der Waals surface area contributed by atoms with E-state index in [4.69, 9.17) is 9.72 Å². The van der Waals surface area contributed by atoms with E-state index in [9.17, 15) is 0 Å². The Balaban J connectivity index is 1.65. The summed E-state index contributed by atoms with van der Waals surface area (Å²) in [4.78, 5) is 12.5. The number of methoxy groups -OCH3 is 1. The molecule has 1 saturated carbocycles. The Morgan fingerprint density at radius 3 is 2.88 bits per heavy atom. The molecule has 3 aromatic heterocycles. The smallest absolute Gasteiger partial charge is 0.214 e. The van der Waals surface area contributed by atoms with Gasteiger partial charge < -0.3 is 14.2 Å². The lowest BCUT2D eigenvalue weighted by atomic mass is 10.3. The van der Waals surface area contributed by atoms with Crippen LogP contribution in [0.25, 0.3) is 10.3 Å². The first-order chi connectivity index (χ1) is 11.6. The Hall–Kier alpha value is -2.22. The third-order valence-corrected chi connectivity index (χ3v) is 5.59. The van der Waals surface area contributed by atoms with Gasteiger partial charge in [0.15, 0.2) is 11.0 Å². The summed E-state index contributed by atoms with van der Waals surface area (Å²) in [7, 11) is 3.60. The van der Waals surface area contributed by atoms with Crippen LogP contribution in [0.4, 0.5) is 5.13 Å². The first-order valence-electron chi connectivity index (χ1n) is 8.03. The van der Waals surface area contributed by atoms with Gasteiger partial charge in [-0.25, -0.2) is 9.97 Å². The fraction of sp³-hybridized carbons (Fsp3) is 0.500. The van der Waals surface area contributed by atoms with Crippen LogP contribution in [0.1, 0.15) is 19.2 Å². The number of fused-ring (bicyclic) bond motifs is 1. The minimum absolute atomic E-state index is 0.619. The average molecular weight is 344 g/mol. The Morgan fingerprint density at radius 2 is 2.21 bits per heavy atom. The third kappa shape index (κ3) is 2.93. The molecule has 0 bridgehead atoms. The van der Waals surface area contributed by atoms with E-state index in [1.165, 1.54) is 6.42 Å². The summed E-state index contributed by atoms with van der Waals surface area (Å²) in [6.07, 6.45) is 3.02. The van der Waals surface area contributed by atoms with Gasteiger partial charge in [-0.1, -0.05) is 18.3 Å². The number of anilines is 1. The van der Waals surface area contributed by atoms with Crippen molar-refractivity contribution in [1.29, 1.82) is 0 Å². The summed E-state index contributed by atoms with van der Waals surface area (Å²) in [5.41, 5.74) is 0.905. The van der Waals surface area contributed by atoms with Crippen molar-refractivity contribution in [2.75, 3.05) is 18.6 Å². The molecule has 126 valence electrons. The lowest BCUT2D eigenvalue weighted by Gasteiger charge is -2.21. The first kappa shape index (κ1) is 15.3. The van der Waals surface area contributed by atoms with Gasteiger partial charge in [-0.3, -0.25) is 0 Å². The summed E-state index contributed by atoms with van der Waals surface area (Å²) in [5.74, 6) is 3.08. The Bertz CT molecular complexity index is 859. The van der Waals surface area contributed by atoms with Gasteiger partial charge in [-0.05, 0) is 24.3 Å². The van der Waals surface area contributed by atoms with E-state index in [0.717, 1.165) is 39.7 Å². The predicted molar refractivity (Wildman–Crippen MR) is 93.3 cm³/mol. The fourth-order valence-electron chi connectivity index (χ4n) is 2.81. The molecular weight excluding hydrogens is 324 g/mol. The van der Waals surface area contributed by atoms with Gasteiger partial charge >= 0.3 is 0 Å². The van der Waals surface area contributed by atoms with Gasteiger partial charge in [0, 0.05) is 19.7 Å². The number of hydrogen-bond acceptors (Lipinski definition) is 7. The van der Waals surface area contributed by atoms with Crippen molar-refractivity contribution in [1.82, 2.24) is 24.7 Å². The number of nitrogens with zero attached hydrogens (tertiary/aromatic N) is 6. The largest absolute Gasteiger partial charge is 0.481 e. The molecule has 0 radical (unpaired) electrons. The molecule has 7 nitrogen and oxygen atoms in total. The molecule has 0 aliphatic heterocycles. The van der Waals surface area contributed by atoms with Crippen molar-refractivity contribution < 1.29 is 4.74 Å². The highest BCUT2D eigenvalue weighted by Gasteiger charge is 2.35. The van der Waals surface area contributed by atoms with Crippen LogP contribution < -0.4 is 9.64 Å².